The molecule has 0 amide bonds. The Hall–Kier alpha value is -2.21. The van der Waals surface area contributed by atoms with Crippen molar-refractivity contribution in [3.8, 4) is 5.75 Å². The molecule has 1 saturated carbocycles. The molecule has 24 heavy (non-hydrogen) atoms. The molecule has 2 aliphatic rings. The Labute approximate surface area is 141 Å². The SMILES string of the molecule is COc1ccc(CN2CC(CC(=O)c3cn(C4CC4)nn3)C2)cc1. The van der Waals surface area contributed by atoms with Gasteiger partial charge in [0.1, 0.15) is 11.4 Å². The summed E-state index contributed by atoms with van der Waals surface area (Å²) < 4.78 is 7.01. The Kier molecular flexibility index (Phi) is 4.06. The summed E-state index contributed by atoms with van der Waals surface area (Å²) in [5.74, 6) is 1.43. The molecule has 1 saturated heterocycles. The second kappa shape index (κ2) is 6.36. The average Bonchev–Trinajstić information content (AvgIpc) is 3.30. The molecule has 1 aromatic carbocycles. The molecule has 0 radical (unpaired) electrons. The van der Waals surface area contributed by atoms with Gasteiger partial charge in [-0.3, -0.25) is 9.69 Å². The van der Waals surface area contributed by atoms with E-state index in [4.69, 9.17) is 4.74 Å². The van der Waals surface area contributed by atoms with Crippen LogP contribution in [0.3, 0.4) is 0 Å². The number of methoxy groups -OCH3 is 1. The molecule has 6 heteroatoms. The van der Waals surface area contributed by atoms with Gasteiger partial charge in [-0.2, -0.15) is 0 Å². The van der Waals surface area contributed by atoms with E-state index in [1.165, 1.54) is 5.56 Å². The molecule has 6 nitrogen and oxygen atoms in total. The number of likely N-dealkylation sites (tertiary alicyclic amines) is 1. The number of hydrogen-bond donors (Lipinski definition) is 0. The van der Waals surface area contributed by atoms with Gasteiger partial charge in [-0.15, -0.1) is 5.10 Å². The van der Waals surface area contributed by atoms with Crippen LogP contribution in [-0.2, 0) is 6.54 Å². The first-order valence-corrected chi connectivity index (χ1v) is 8.51. The lowest BCUT2D eigenvalue weighted by atomic mass is 9.93. The molecule has 4 rings (SSSR count). The van der Waals surface area contributed by atoms with Gasteiger partial charge >= 0.3 is 0 Å². The van der Waals surface area contributed by atoms with Crippen molar-refractivity contribution in [3.05, 3.63) is 41.7 Å². The highest BCUT2D eigenvalue weighted by atomic mass is 16.5. The Balaban J connectivity index is 1.23. The summed E-state index contributed by atoms with van der Waals surface area (Å²) in [6.07, 6.45) is 4.69. The molecular formula is C18H22N4O2. The fourth-order valence-corrected chi connectivity index (χ4v) is 3.21. The van der Waals surface area contributed by atoms with Gasteiger partial charge < -0.3 is 4.74 Å². The van der Waals surface area contributed by atoms with Crippen molar-refractivity contribution in [2.45, 2.75) is 31.8 Å². The van der Waals surface area contributed by atoms with Gasteiger partial charge in [-0.05, 0) is 36.5 Å². The van der Waals surface area contributed by atoms with E-state index < -0.39 is 0 Å². The summed E-state index contributed by atoms with van der Waals surface area (Å²) >= 11 is 0. The molecule has 1 aromatic heterocycles. The predicted octanol–water partition coefficient (Wildman–Crippen LogP) is 2.33. The van der Waals surface area contributed by atoms with E-state index in [-0.39, 0.29) is 5.78 Å². The van der Waals surface area contributed by atoms with E-state index >= 15 is 0 Å². The molecule has 2 heterocycles. The van der Waals surface area contributed by atoms with E-state index in [2.05, 4.69) is 27.3 Å². The fourth-order valence-electron chi connectivity index (χ4n) is 3.21. The van der Waals surface area contributed by atoms with Crippen LogP contribution in [0.5, 0.6) is 5.75 Å². The number of Topliss-reactive ketones (excluding diaryl/α,β-unsaturated/α-hetero) is 1. The third-order valence-corrected chi connectivity index (χ3v) is 4.79. The van der Waals surface area contributed by atoms with Gasteiger partial charge in [0.15, 0.2) is 5.78 Å². The van der Waals surface area contributed by atoms with Crippen LogP contribution in [0.1, 0.15) is 41.4 Å². The van der Waals surface area contributed by atoms with Gasteiger partial charge in [0.05, 0.1) is 19.3 Å². The minimum absolute atomic E-state index is 0.121. The molecule has 1 aliphatic carbocycles. The molecule has 0 bridgehead atoms. The maximum Gasteiger partial charge on any atom is 0.185 e. The average molecular weight is 326 g/mol. The van der Waals surface area contributed by atoms with Crippen LogP contribution in [0.15, 0.2) is 30.5 Å². The molecule has 0 unspecified atom stereocenters. The minimum atomic E-state index is 0.121. The highest BCUT2D eigenvalue weighted by Crippen LogP contribution is 2.33. The Morgan fingerprint density at radius 3 is 2.67 bits per heavy atom. The molecular weight excluding hydrogens is 304 g/mol. The quantitative estimate of drug-likeness (QED) is 0.731. The Morgan fingerprint density at radius 2 is 2.00 bits per heavy atom. The number of rotatable bonds is 7. The van der Waals surface area contributed by atoms with Crippen LogP contribution in [0.25, 0.3) is 0 Å². The van der Waals surface area contributed by atoms with Crippen LogP contribution < -0.4 is 4.74 Å². The van der Waals surface area contributed by atoms with Crippen molar-refractivity contribution < 1.29 is 9.53 Å². The second-order valence-corrected chi connectivity index (χ2v) is 6.85. The first-order chi connectivity index (χ1) is 11.7. The van der Waals surface area contributed by atoms with Gasteiger partial charge in [-0.25, -0.2) is 4.68 Å². The maximum absolute atomic E-state index is 12.3. The Bertz CT molecular complexity index is 715. The van der Waals surface area contributed by atoms with Gasteiger partial charge in [0, 0.05) is 26.1 Å². The van der Waals surface area contributed by atoms with Crippen molar-refractivity contribution in [1.82, 2.24) is 19.9 Å². The summed E-state index contributed by atoms with van der Waals surface area (Å²) in [6, 6.07) is 8.63. The number of carbonyl (C=O) groups excluding carboxylic acids is 1. The number of ether oxygens (including phenoxy) is 1. The zero-order valence-electron chi connectivity index (χ0n) is 13.9. The molecule has 2 aromatic rings. The number of carbonyl (C=O) groups is 1. The van der Waals surface area contributed by atoms with Crippen LogP contribution in [0.4, 0.5) is 0 Å². The highest BCUT2D eigenvalue weighted by Gasteiger charge is 2.30. The highest BCUT2D eigenvalue weighted by molar-refractivity contribution is 5.94. The van der Waals surface area contributed by atoms with Gasteiger partial charge in [-0.1, -0.05) is 17.3 Å². The van der Waals surface area contributed by atoms with Crippen LogP contribution in [0, 0.1) is 5.92 Å². The van der Waals surface area contributed by atoms with Crippen molar-refractivity contribution in [2.24, 2.45) is 5.92 Å². The number of benzene rings is 1. The zero-order chi connectivity index (χ0) is 16.5. The molecule has 126 valence electrons. The van der Waals surface area contributed by atoms with E-state index in [0.717, 1.165) is 38.2 Å². The smallest absolute Gasteiger partial charge is 0.185 e. The summed E-state index contributed by atoms with van der Waals surface area (Å²) in [6.45, 7) is 2.86. The lowest BCUT2D eigenvalue weighted by Gasteiger charge is -2.39. The summed E-state index contributed by atoms with van der Waals surface area (Å²) in [5.41, 5.74) is 1.79. The van der Waals surface area contributed by atoms with Gasteiger partial charge in [0.25, 0.3) is 0 Å². The van der Waals surface area contributed by atoms with Crippen LogP contribution in [0.2, 0.25) is 0 Å². The second-order valence-electron chi connectivity index (χ2n) is 6.85. The number of ketones is 1. The topological polar surface area (TPSA) is 60.2 Å². The van der Waals surface area contributed by atoms with E-state index in [0.29, 0.717) is 24.1 Å². The van der Waals surface area contributed by atoms with Crippen LogP contribution >= 0.6 is 0 Å². The van der Waals surface area contributed by atoms with E-state index in [1.807, 2.05) is 23.0 Å². The lowest BCUT2D eigenvalue weighted by molar-refractivity contribution is 0.0702. The molecule has 0 N–H and O–H groups in total. The summed E-state index contributed by atoms with van der Waals surface area (Å²) in [4.78, 5) is 14.7. The van der Waals surface area contributed by atoms with Crippen molar-refractivity contribution in [3.63, 3.8) is 0 Å². The van der Waals surface area contributed by atoms with Crippen LogP contribution in [-0.4, -0.2) is 45.9 Å². The summed E-state index contributed by atoms with van der Waals surface area (Å²) in [7, 11) is 1.68. The lowest BCUT2D eigenvalue weighted by Crippen LogP contribution is -2.46. The third kappa shape index (κ3) is 3.33. The number of aromatic nitrogens is 3. The Morgan fingerprint density at radius 1 is 1.25 bits per heavy atom. The maximum atomic E-state index is 12.3. The standard InChI is InChI=1S/C18H22N4O2/c1-24-16-6-2-13(3-7-16)9-21-10-14(11-21)8-18(23)17-12-22(20-19-17)15-4-5-15/h2-3,6-7,12,14-15H,4-5,8-11H2,1H3. The number of nitrogens with zero attached hydrogens (tertiary/aromatic N) is 4. The zero-order valence-corrected chi connectivity index (χ0v) is 13.9. The fraction of sp³-hybridized carbons (Fsp3) is 0.500. The molecule has 2 fully saturated rings. The normalized spacial score (nSPS) is 18.4. The third-order valence-electron chi connectivity index (χ3n) is 4.79. The van der Waals surface area contributed by atoms with Gasteiger partial charge in [0.2, 0.25) is 0 Å². The number of hydrogen-bond acceptors (Lipinski definition) is 5. The summed E-state index contributed by atoms with van der Waals surface area (Å²) in [5, 5.41) is 8.09. The minimum Gasteiger partial charge on any atom is -0.497 e. The largest absolute Gasteiger partial charge is 0.497 e. The first-order valence-electron chi connectivity index (χ1n) is 8.51. The van der Waals surface area contributed by atoms with E-state index in [1.54, 1.807) is 7.11 Å². The monoisotopic (exact) mass is 326 g/mol. The molecule has 0 atom stereocenters. The van der Waals surface area contributed by atoms with Crippen molar-refractivity contribution >= 4 is 5.78 Å². The van der Waals surface area contributed by atoms with E-state index in [9.17, 15) is 4.79 Å². The first kappa shape index (κ1) is 15.3. The van der Waals surface area contributed by atoms with Crippen molar-refractivity contribution in [1.29, 1.82) is 0 Å². The molecule has 0 spiro atoms. The predicted molar refractivity (Wildman–Crippen MR) is 89.0 cm³/mol. The molecule has 1 aliphatic heterocycles. The van der Waals surface area contributed by atoms with Crippen molar-refractivity contribution in [2.75, 3.05) is 20.2 Å².